The van der Waals surface area contributed by atoms with Gasteiger partial charge >= 0.3 is 0 Å². The molecule has 32 heavy (non-hydrogen) atoms. The summed E-state index contributed by atoms with van der Waals surface area (Å²) in [6.45, 7) is 0. The van der Waals surface area contributed by atoms with Crippen LogP contribution in [0.5, 0.6) is 11.5 Å². The largest absolute Gasteiger partial charge is 0.497 e. The van der Waals surface area contributed by atoms with Crippen molar-refractivity contribution in [2.75, 3.05) is 14.2 Å². The number of nitrogens with one attached hydrogen (secondary N) is 1. The minimum Gasteiger partial charge on any atom is -0.497 e. The van der Waals surface area contributed by atoms with Crippen LogP contribution in [0.4, 0.5) is 0 Å². The van der Waals surface area contributed by atoms with E-state index in [0.717, 1.165) is 6.20 Å². The number of methoxy groups -OCH3 is 2. The van der Waals surface area contributed by atoms with Gasteiger partial charge in [-0.3, -0.25) is 4.79 Å². The van der Waals surface area contributed by atoms with Crippen molar-refractivity contribution < 1.29 is 22.1 Å². The molecule has 4 aromatic rings. The van der Waals surface area contributed by atoms with Gasteiger partial charge in [-0.25, -0.2) is 17.6 Å². The van der Waals surface area contributed by atoms with Crippen molar-refractivity contribution in [3.63, 3.8) is 0 Å². The molecule has 1 heterocycles. The highest BCUT2D eigenvalue weighted by atomic mass is 32.2. The molecule has 0 saturated heterocycles. The average molecular weight is 471 g/mol. The molecule has 0 amide bonds. The minimum atomic E-state index is -3.98. The smallest absolute Gasteiger partial charge is 0.266 e. The van der Waals surface area contributed by atoms with E-state index in [1.807, 2.05) is 0 Å². The van der Waals surface area contributed by atoms with Crippen LogP contribution in [-0.4, -0.2) is 36.8 Å². The fourth-order valence-corrected chi connectivity index (χ4v) is 5.73. The lowest BCUT2D eigenvalue weighted by atomic mass is 10.3. The third kappa shape index (κ3) is 3.90. The summed E-state index contributed by atoms with van der Waals surface area (Å²) in [5.74, 6) is 1.12. The Bertz CT molecular complexity index is 1480. The molecule has 0 radical (unpaired) electrons. The van der Waals surface area contributed by atoms with Crippen LogP contribution in [0, 0.1) is 0 Å². The van der Waals surface area contributed by atoms with Gasteiger partial charge < -0.3 is 14.5 Å². The maximum Gasteiger partial charge on any atom is 0.266 e. The van der Waals surface area contributed by atoms with Gasteiger partial charge in [0, 0.05) is 4.90 Å². The van der Waals surface area contributed by atoms with Crippen molar-refractivity contribution in [2.45, 2.75) is 19.6 Å². The predicted octanol–water partition coefficient (Wildman–Crippen LogP) is 2.94. The van der Waals surface area contributed by atoms with Gasteiger partial charge in [-0.05, 0) is 60.7 Å². The first-order chi connectivity index (χ1) is 15.3. The van der Waals surface area contributed by atoms with E-state index in [9.17, 15) is 17.4 Å². The third-order valence-corrected chi connectivity index (χ3v) is 8.04. The Kier molecular flexibility index (Phi) is 5.81. The van der Waals surface area contributed by atoms with E-state index in [1.54, 1.807) is 24.3 Å². The quantitative estimate of drug-likeness (QED) is 0.461. The predicted molar refractivity (Wildman–Crippen MR) is 118 cm³/mol. The fourth-order valence-electron chi connectivity index (χ4n) is 3.16. The molecule has 0 bridgehead atoms. The minimum absolute atomic E-state index is 0.0276. The Hall–Kier alpha value is -3.50. The summed E-state index contributed by atoms with van der Waals surface area (Å²) in [5.41, 5.74) is -0.412. The maximum absolute atomic E-state index is 13.3. The topological polar surface area (TPSA) is 115 Å². The number of rotatable bonds is 6. The van der Waals surface area contributed by atoms with Gasteiger partial charge in [-0.2, -0.15) is 0 Å². The molecule has 1 unspecified atom stereocenters. The van der Waals surface area contributed by atoms with Gasteiger partial charge in [0.1, 0.15) is 17.0 Å². The van der Waals surface area contributed by atoms with E-state index < -0.39 is 26.2 Å². The average Bonchev–Trinajstić information content (AvgIpc) is 2.82. The number of nitrogens with zero attached hydrogens (tertiary/aromatic N) is 1. The Morgan fingerprint density at radius 1 is 0.875 bits per heavy atom. The molecule has 0 aliphatic heterocycles. The van der Waals surface area contributed by atoms with E-state index in [4.69, 9.17) is 9.47 Å². The zero-order valence-corrected chi connectivity index (χ0v) is 18.7. The molecular weight excluding hydrogens is 452 g/mol. The third-order valence-electron chi connectivity index (χ3n) is 4.79. The SMILES string of the molecule is COc1ccc(S(=O)c2ccc(S(=O)(=O)c3ccc(OC)cc3)c3ncc(=O)[nH]c23)cc1. The van der Waals surface area contributed by atoms with Gasteiger partial charge in [0.05, 0.1) is 51.4 Å². The van der Waals surface area contributed by atoms with Crippen LogP contribution in [0.25, 0.3) is 11.0 Å². The van der Waals surface area contributed by atoms with Crippen LogP contribution in [0.1, 0.15) is 0 Å². The van der Waals surface area contributed by atoms with Crippen LogP contribution >= 0.6 is 0 Å². The summed E-state index contributed by atoms with van der Waals surface area (Å²) in [6.07, 6.45) is 0.995. The highest BCUT2D eigenvalue weighted by Gasteiger charge is 2.24. The highest BCUT2D eigenvalue weighted by molar-refractivity contribution is 7.91. The van der Waals surface area contributed by atoms with Crippen molar-refractivity contribution in [1.29, 1.82) is 0 Å². The summed E-state index contributed by atoms with van der Waals surface area (Å²) in [7, 11) is -2.67. The molecule has 0 fully saturated rings. The zero-order valence-electron chi connectivity index (χ0n) is 17.1. The maximum atomic E-state index is 13.3. The second-order valence-electron chi connectivity index (χ2n) is 6.66. The van der Waals surface area contributed by atoms with Crippen LogP contribution in [-0.2, 0) is 20.6 Å². The molecule has 1 aromatic heterocycles. The van der Waals surface area contributed by atoms with E-state index in [2.05, 4.69) is 9.97 Å². The van der Waals surface area contributed by atoms with Crippen molar-refractivity contribution in [2.24, 2.45) is 0 Å². The van der Waals surface area contributed by atoms with Crippen LogP contribution in [0.2, 0.25) is 0 Å². The first kappa shape index (κ1) is 21.7. The second-order valence-corrected chi connectivity index (χ2v) is 10.0. The highest BCUT2D eigenvalue weighted by Crippen LogP contribution is 2.31. The Labute approximate surface area is 186 Å². The first-order valence-corrected chi connectivity index (χ1v) is 12.0. The molecule has 0 saturated carbocycles. The van der Waals surface area contributed by atoms with Crippen molar-refractivity contribution in [3.05, 3.63) is 77.2 Å². The number of aromatic nitrogens is 2. The van der Waals surface area contributed by atoms with E-state index >= 15 is 0 Å². The lowest BCUT2D eigenvalue weighted by Gasteiger charge is -2.11. The number of benzene rings is 3. The van der Waals surface area contributed by atoms with Gasteiger partial charge in [-0.15, -0.1) is 0 Å². The lowest BCUT2D eigenvalue weighted by molar-refractivity contribution is 0.414. The number of ether oxygens (including phenoxy) is 2. The summed E-state index contributed by atoms with van der Waals surface area (Å²) in [6, 6.07) is 15.3. The number of fused-ring (bicyclic) bond motifs is 1. The Balaban J connectivity index is 1.88. The van der Waals surface area contributed by atoms with E-state index in [1.165, 1.54) is 50.6 Å². The van der Waals surface area contributed by atoms with Gasteiger partial charge in [0.2, 0.25) is 9.84 Å². The summed E-state index contributed by atoms with van der Waals surface area (Å²) >= 11 is 0. The summed E-state index contributed by atoms with van der Waals surface area (Å²) in [5, 5.41) is 0. The fraction of sp³-hybridized carbons (Fsp3) is 0.0909. The molecule has 0 spiro atoms. The van der Waals surface area contributed by atoms with Crippen LogP contribution in [0.15, 0.2) is 91.2 Å². The Morgan fingerprint density at radius 3 is 2.06 bits per heavy atom. The molecule has 3 aromatic carbocycles. The first-order valence-electron chi connectivity index (χ1n) is 9.32. The van der Waals surface area contributed by atoms with Crippen molar-refractivity contribution >= 4 is 31.7 Å². The number of sulfone groups is 1. The monoisotopic (exact) mass is 470 g/mol. The molecule has 8 nitrogen and oxygen atoms in total. The van der Waals surface area contributed by atoms with Gasteiger partial charge in [-0.1, -0.05) is 0 Å². The molecular formula is C22H18N2O6S2. The van der Waals surface area contributed by atoms with Crippen LogP contribution in [0.3, 0.4) is 0 Å². The number of hydrogen-bond acceptors (Lipinski definition) is 7. The summed E-state index contributed by atoms with van der Waals surface area (Å²) in [4.78, 5) is 19.3. The lowest BCUT2D eigenvalue weighted by Crippen LogP contribution is -2.11. The zero-order chi connectivity index (χ0) is 22.9. The second kappa shape index (κ2) is 8.56. The molecule has 0 aliphatic rings. The number of aromatic amines is 1. The summed E-state index contributed by atoms with van der Waals surface area (Å²) < 4.78 is 50.0. The Morgan fingerprint density at radius 2 is 1.47 bits per heavy atom. The van der Waals surface area contributed by atoms with E-state index in [-0.39, 0.29) is 25.7 Å². The number of H-pyrrole nitrogens is 1. The molecule has 4 rings (SSSR count). The van der Waals surface area contributed by atoms with Gasteiger partial charge in [0.25, 0.3) is 5.56 Å². The van der Waals surface area contributed by atoms with Crippen LogP contribution < -0.4 is 15.0 Å². The molecule has 164 valence electrons. The molecule has 0 aliphatic carbocycles. The standard InChI is InChI=1S/C22H18N2O6S2/c1-29-14-3-7-16(8-4-14)31(26)18-11-12-19(22-21(18)24-20(25)13-23-22)32(27,28)17-9-5-15(30-2)6-10-17/h3-13H,1-2H3,(H,24,25). The van der Waals surface area contributed by atoms with Crippen molar-refractivity contribution in [3.8, 4) is 11.5 Å². The number of hydrogen-bond donors (Lipinski definition) is 1. The molecule has 10 heteroatoms. The normalized spacial score (nSPS) is 12.4. The molecule has 1 atom stereocenters. The molecule has 1 N–H and O–H groups in total. The van der Waals surface area contributed by atoms with Crippen molar-refractivity contribution in [1.82, 2.24) is 9.97 Å². The van der Waals surface area contributed by atoms with E-state index in [0.29, 0.717) is 16.4 Å². The van der Waals surface area contributed by atoms with Gasteiger partial charge in [0.15, 0.2) is 0 Å².